The fourth-order valence-corrected chi connectivity index (χ4v) is 3.58. The van der Waals surface area contributed by atoms with Crippen molar-refractivity contribution in [3.63, 3.8) is 0 Å². The largest absolute Gasteiger partial charge is 0.330 e. The minimum absolute atomic E-state index is 0.700. The molecule has 0 aliphatic heterocycles. The molecule has 0 N–H and O–H groups in total. The van der Waals surface area contributed by atoms with Crippen molar-refractivity contribution in [3.8, 4) is 23.7 Å². The minimum Gasteiger partial charge on any atom is -0.290 e. The third kappa shape index (κ3) is 11.9. The van der Waals surface area contributed by atoms with Gasteiger partial charge in [-0.25, -0.2) is 0 Å². The summed E-state index contributed by atoms with van der Waals surface area (Å²) in [5, 5.41) is 0. The van der Waals surface area contributed by atoms with Gasteiger partial charge in [-0.05, 0) is 40.5 Å². The van der Waals surface area contributed by atoms with Gasteiger partial charge in [0.05, 0.1) is 0 Å². The van der Waals surface area contributed by atoms with E-state index in [0.717, 1.165) is 12.8 Å². The first-order chi connectivity index (χ1) is 10.5. The number of unbranched alkanes of at least 4 members (excludes halogenated alkanes) is 2. The van der Waals surface area contributed by atoms with Crippen molar-refractivity contribution < 1.29 is 13.6 Å². The first kappa shape index (κ1) is 21.8. The highest BCUT2D eigenvalue weighted by atomic mass is 31.2. The van der Waals surface area contributed by atoms with Crippen LogP contribution in [0.25, 0.3) is 0 Å². The Morgan fingerprint density at radius 1 is 0.913 bits per heavy atom. The lowest BCUT2D eigenvalue weighted by molar-refractivity contribution is 0.0867. The van der Waals surface area contributed by atoms with Gasteiger partial charge in [-0.2, -0.15) is 0 Å². The van der Waals surface area contributed by atoms with Gasteiger partial charge in [-0.3, -0.25) is 13.6 Å². The van der Waals surface area contributed by atoms with Crippen molar-refractivity contribution in [2.45, 2.75) is 64.6 Å². The van der Waals surface area contributed by atoms with Crippen LogP contribution in [0.5, 0.6) is 0 Å². The highest BCUT2D eigenvalue weighted by Crippen LogP contribution is 2.50. The number of rotatable bonds is 8. The van der Waals surface area contributed by atoms with Gasteiger partial charge >= 0.3 is 7.60 Å². The Morgan fingerprint density at radius 3 is 1.57 bits per heavy atom. The molecule has 0 amide bonds. The summed E-state index contributed by atoms with van der Waals surface area (Å²) >= 11 is 0. The summed E-state index contributed by atoms with van der Waals surface area (Å²) in [6.07, 6.45) is 6.65. The molecule has 0 rings (SSSR count). The number of allylic oxidation sites excluding steroid dienone is 2. The molecule has 0 heterocycles. The van der Waals surface area contributed by atoms with Gasteiger partial charge in [0.15, 0.2) is 0 Å². The molecule has 0 aromatic heterocycles. The first-order valence-corrected chi connectivity index (χ1v) is 9.73. The third-order valence-electron chi connectivity index (χ3n) is 2.51. The molecule has 0 unspecified atom stereocenters. The maximum Gasteiger partial charge on any atom is 0.330 e. The molecule has 0 saturated heterocycles. The fourth-order valence-electron chi connectivity index (χ4n) is 1.79. The molecule has 0 saturated carbocycles. The smallest absolute Gasteiger partial charge is 0.290 e. The molecule has 128 valence electrons. The molecule has 4 heteroatoms. The Bertz CT molecular complexity index is 517. The molecule has 0 aliphatic carbocycles. The van der Waals surface area contributed by atoms with Crippen LogP contribution in [0.15, 0.2) is 25.3 Å². The third-order valence-corrected chi connectivity index (χ3v) is 4.09. The van der Waals surface area contributed by atoms with Crippen LogP contribution >= 0.6 is 7.60 Å². The zero-order chi connectivity index (χ0) is 18.0. The molecule has 0 radical (unpaired) electrons. The van der Waals surface area contributed by atoms with Crippen molar-refractivity contribution in [2.24, 2.45) is 0 Å². The van der Waals surface area contributed by atoms with Crippen molar-refractivity contribution in [1.82, 2.24) is 0 Å². The van der Waals surface area contributed by atoms with E-state index in [9.17, 15) is 4.57 Å². The summed E-state index contributed by atoms with van der Waals surface area (Å²) < 4.78 is 23.8. The predicted molar refractivity (Wildman–Crippen MR) is 98.3 cm³/mol. The van der Waals surface area contributed by atoms with Gasteiger partial charge in [0.25, 0.3) is 0 Å². The normalized spacial score (nSPS) is 11.7. The second kappa shape index (κ2) is 9.79. The Morgan fingerprint density at radius 2 is 1.26 bits per heavy atom. The lowest BCUT2D eigenvalue weighted by Gasteiger charge is -2.28. The maximum atomic E-state index is 12.6. The zero-order valence-electron chi connectivity index (χ0n) is 15.1. The lowest BCUT2D eigenvalue weighted by atomic mass is 10.1. The Kier molecular flexibility index (Phi) is 9.26. The summed E-state index contributed by atoms with van der Waals surface area (Å²) in [4.78, 5) is 0. The van der Waals surface area contributed by atoms with E-state index in [-0.39, 0.29) is 0 Å². The Balaban J connectivity index is 4.79. The van der Waals surface area contributed by atoms with E-state index < -0.39 is 18.8 Å². The SMILES string of the molecule is C=CCCC#CC(C)(C)OP(C)(=O)OC(C)(C)C#CCCC=C. The predicted octanol–water partition coefficient (Wildman–Crippen LogP) is 5.34. The van der Waals surface area contributed by atoms with Gasteiger partial charge in [-0.1, -0.05) is 35.8 Å². The molecular weight excluding hydrogens is 307 g/mol. The molecule has 3 nitrogen and oxygen atoms in total. The Labute approximate surface area is 142 Å². The Hall–Kier alpha value is -1.25. The monoisotopic (exact) mass is 336 g/mol. The van der Waals surface area contributed by atoms with Crippen molar-refractivity contribution >= 4 is 7.60 Å². The second-order valence-corrected chi connectivity index (χ2v) is 8.14. The van der Waals surface area contributed by atoms with Gasteiger partial charge in [-0.15, -0.1) is 13.2 Å². The van der Waals surface area contributed by atoms with E-state index in [2.05, 4.69) is 36.8 Å². The van der Waals surface area contributed by atoms with Crippen LogP contribution in [0, 0.1) is 23.7 Å². The van der Waals surface area contributed by atoms with Gasteiger partial charge in [0, 0.05) is 19.5 Å². The number of hydrogen-bond acceptors (Lipinski definition) is 3. The molecule has 0 aliphatic rings. The van der Waals surface area contributed by atoms with Gasteiger partial charge in [0.1, 0.15) is 11.2 Å². The van der Waals surface area contributed by atoms with E-state index in [1.165, 1.54) is 6.66 Å². The average molecular weight is 336 g/mol. The van der Waals surface area contributed by atoms with E-state index in [1.807, 2.05) is 12.2 Å². The summed E-state index contributed by atoms with van der Waals surface area (Å²) in [7, 11) is -3.29. The van der Waals surface area contributed by atoms with E-state index in [0.29, 0.717) is 12.8 Å². The second-order valence-electron chi connectivity index (χ2n) is 6.23. The summed E-state index contributed by atoms with van der Waals surface area (Å²) in [5.41, 5.74) is -1.70. The highest BCUT2D eigenvalue weighted by Gasteiger charge is 2.33. The minimum atomic E-state index is -3.29. The van der Waals surface area contributed by atoms with Gasteiger partial charge in [0.2, 0.25) is 0 Å². The summed E-state index contributed by atoms with van der Waals surface area (Å²) in [6, 6.07) is 0. The summed E-state index contributed by atoms with van der Waals surface area (Å²) in [6.45, 7) is 15.8. The van der Waals surface area contributed by atoms with Crippen LogP contribution in [0.4, 0.5) is 0 Å². The molecule has 0 aromatic rings. The van der Waals surface area contributed by atoms with Crippen molar-refractivity contribution in [3.05, 3.63) is 25.3 Å². The van der Waals surface area contributed by atoms with Crippen LogP contribution < -0.4 is 0 Å². The molecule has 0 fully saturated rings. The van der Waals surface area contributed by atoms with Gasteiger partial charge < -0.3 is 0 Å². The van der Waals surface area contributed by atoms with Crippen molar-refractivity contribution in [2.75, 3.05) is 6.66 Å². The van der Waals surface area contributed by atoms with E-state index in [1.54, 1.807) is 27.7 Å². The molecule has 0 atom stereocenters. The van der Waals surface area contributed by atoms with Crippen LogP contribution in [0.1, 0.15) is 53.4 Å². The molecular formula is C19H29O3P. The van der Waals surface area contributed by atoms with Crippen LogP contribution in [0.3, 0.4) is 0 Å². The topological polar surface area (TPSA) is 35.5 Å². The average Bonchev–Trinajstić information content (AvgIpc) is 2.37. The van der Waals surface area contributed by atoms with E-state index in [4.69, 9.17) is 9.05 Å². The first-order valence-electron chi connectivity index (χ1n) is 7.74. The quantitative estimate of drug-likeness (QED) is 0.260. The molecule has 0 bridgehead atoms. The van der Waals surface area contributed by atoms with Crippen LogP contribution in [-0.4, -0.2) is 17.9 Å². The maximum absolute atomic E-state index is 12.6. The highest BCUT2D eigenvalue weighted by molar-refractivity contribution is 7.53. The fraction of sp³-hybridized carbons (Fsp3) is 0.579. The van der Waals surface area contributed by atoms with Crippen LogP contribution in [-0.2, 0) is 13.6 Å². The molecule has 0 spiro atoms. The standard InChI is InChI=1S/C19H29O3P/c1-8-10-12-14-16-18(3,4)21-23(7,20)22-19(5,6)17-15-13-11-9-2/h8-9H,1-2,10-13H2,3-7H3. The summed E-state index contributed by atoms with van der Waals surface area (Å²) in [5.74, 6) is 12.0. The number of hydrogen-bond donors (Lipinski definition) is 0. The molecule has 0 aromatic carbocycles. The molecule has 23 heavy (non-hydrogen) atoms. The van der Waals surface area contributed by atoms with E-state index >= 15 is 0 Å². The van der Waals surface area contributed by atoms with Crippen LogP contribution in [0.2, 0.25) is 0 Å². The van der Waals surface area contributed by atoms with Crippen molar-refractivity contribution in [1.29, 1.82) is 0 Å². The zero-order valence-corrected chi connectivity index (χ0v) is 16.0. The lowest BCUT2D eigenvalue weighted by Crippen LogP contribution is -2.26.